The van der Waals surface area contributed by atoms with Crippen LogP contribution in [0, 0.1) is 6.92 Å². The Kier molecular flexibility index (Phi) is 6.59. The molecule has 0 saturated heterocycles. The molecule has 0 aliphatic carbocycles. The summed E-state index contributed by atoms with van der Waals surface area (Å²) in [7, 11) is 3.41. The maximum atomic E-state index is 12.9. The van der Waals surface area contributed by atoms with Gasteiger partial charge in [0.25, 0.3) is 5.91 Å². The number of benzene rings is 2. The lowest BCUT2D eigenvalue weighted by Crippen LogP contribution is -2.26. The smallest absolute Gasteiger partial charge is 0.251 e. The van der Waals surface area contributed by atoms with Crippen molar-refractivity contribution in [1.29, 1.82) is 0 Å². The third-order valence-corrected chi connectivity index (χ3v) is 5.02. The molecule has 6 nitrogen and oxygen atoms in total. The van der Waals surface area contributed by atoms with E-state index >= 15 is 0 Å². The molecule has 1 heterocycles. The third-order valence-electron chi connectivity index (χ3n) is 5.02. The monoisotopic (exact) mass is 404 g/mol. The van der Waals surface area contributed by atoms with Gasteiger partial charge >= 0.3 is 0 Å². The van der Waals surface area contributed by atoms with Crippen LogP contribution in [0.3, 0.4) is 0 Å². The lowest BCUT2D eigenvalue weighted by Gasteiger charge is -2.12. The predicted molar refractivity (Wildman–Crippen MR) is 118 cm³/mol. The van der Waals surface area contributed by atoms with E-state index in [0.29, 0.717) is 35.4 Å². The Balaban J connectivity index is 1.88. The molecule has 0 fully saturated rings. The average molecular weight is 404 g/mol. The molecule has 6 heteroatoms. The first kappa shape index (κ1) is 21.2. The molecular formula is C24H24N2O4. The fraction of sp³-hybridized carbons (Fsp3) is 0.208. The van der Waals surface area contributed by atoms with Gasteiger partial charge in [-0.1, -0.05) is 30.3 Å². The number of amides is 1. The van der Waals surface area contributed by atoms with Crippen LogP contribution in [0.1, 0.15) is 32.0 Å². The maximum Gasteiger partial charge on any atom is 0.251 e. The van der Waals surface area contributed by atoms with Crippen molar-refractivity contribution in [2.24, 2.45) is 7.05 Å². The number of carbonyl (C=O) groups is 2. The van der Waals surface area contributed by atoms with Gasteiger partial charge in [0.1, 0.15) is 0 Å². The van der Waals surface area contributed by atoms with Crippen LogP contribution in [-0.2, 0) is 11.8 Å². The minimum Gasteiger partial charge on any atom is -0.383 e. The molecule has 0 bridgehead atoms. The zero-order valence-electron chi connectivity index (χ0n) is 17.3. The van der Waals surface area contributed by atoms with Crippen LogP contribution in [0.4, 0.5) is 0 Å². The standard InChI is InChI=1S/C24H24N2O4/c1-16-22(23(28)19-9-4-5-10-20(19)26(16)2)21(27)12-11-17-7-6-8-18(15-17)24(29)25-13-14-30-3/h4-12,15H,13-14H2,1-3H3,(H,25,29)/b12-11+. The number of hydrogen-bond donors (Lipinski definition) is 1. The molecule has 0 radical (unpaired) electrons. The normalized spacial score (nSPS) is 11.2. The molecular weight excluding hydrogens is 380 g/mol. The Morgan fingerprint density at radius 2 is 1.90 bits per heavy atom. The lowest BCUT2D eigenvalue weighted by molar-refractivity contribution is 0.0936. The summed E-state index contributed by atoms with van der Waals surface area (Å²) in [6.07, 6.45) is 2.99. The Labute approximate surface area is 174 Å². The number of rotatable bonds is 7. The summed E-state index contributed by atoms with van der Waals surface area (Å²) in [5.74, 6) is -0.582. The van der Waals surface area contributed by atoms with Crippen molar-refractivity contribution >= 4 is 28.7 Å². The van der Waals surface area contributed by atoms with Gasteiger partial charge in [0, 0.05) is 37.3 Å². The number of fused-ring (bicyclic) bond motifs is 1. The zero-order chi connectivity index (χ0) is 21.7. The third kappa shape index (κ3) is 4.39. The Morgan fingerprint density at radius 3 is 2.67 bits per heavy atom. The van der Waals surface area contributed by atoms with E-state index in [1.54, 1.807) is 56.5 Å². The average Bonchev–Trinajstić information content (AvgIpc) is 2.76. The molecule has 1 N–H and O–H groups in total. The van der Waals surface area contributed by atoms with Crippen molar-refractivity contribution in [2.45, 2.75) is 6.92 Å². The zero-order valence-corrected chi connectivity index (χ0v) is 17.3. The molecule has 0 aliphatic rings. The lowest BCUT2D eigenvalue weighted by atomic mass is 10.0. The van der Waals surface area contributed by atoms with E-state index in [0.717, 1.165) is 5.52 Å². The number of ketones is 1. The van der Waals surface area contributed by atoms with Crippen LogP contribution in [0.15, 0.2) is 59.4 Å². The number of aryl methyl sites for hydroxylation is 1. The van der Waals surface area contributed by atoms with Gasteiger partial charge in [-0.3, -0.25) is 14.4 Å². The van der Waals surface area contributed by atoms with Crippen LogP contribution < -0.4 is 10.7 Å². The van der Waals surface area contributed by atoms with Crippen LogP contribution in [0.25, 0.3) is 17.0 Å². The molecule has 3 rings (SSSR count). The van der Waals surface area contributed by atoms with E-state index in [1.165, 1.54) is 6.08 Å². The minimum absolute atomic E-state index is 0.154. The molecule has 1 amide bonds. The van der Waals surface area contributed by atoms with Crippen LogP contribution in [-0.4, -0.2) is 36.5 Å². The Bertz CT molecular complexity index is 1190. The van der Waals surface area contributed by atoms with Gasteiger partial charge in [0.2, 0.25) is 5.43 Å². The number of carbonyl (C=O) groups excluding carboxylic acids is 2. The number of para-hydroxylation sites is 1. The van der Waals surface area contributed by atoms with E-state index in [2.05, 4.69) is 5.32 Å². The molecule has 0 saturated carbocycles. The minimum atomic E-state index is -0.367. The molecule has 3 aromatic rings. The molecule has 1 aromatic heterocycles. The molecule has 0 atom stereocenters. The fourth-order valence-electron chi connectivity index (χ4n) is 3.30. The number of allylic oxidation sites excluding steroid dienone is 1. The largest absolute Gasteiger partial charge is 0.383 e. The second-order valence-corrected chi connectivity index (χ2v) is 6.94. The highest BCUT2D eigenvalue weighted by Gasteiger charge is 2.16. The fourth-order valence-corrected chi connectivity index (χ4v) is 3.30. The van der Waals surface area contributed by atoms with Crippen LogP contribution >= 0.6 is 0 Å². The van der Waals surface area contributed by atoms with Crippen molar-refractivity contribution < 1.29 is 14.3 Å². The summed E-state index contributed by atoms with van der Waals surface area (Å²) in [4.78, 5) is 37.9. The first-order valence-electron chi connectivity index (χ1n) is 9.62. The van der Waals surface area contributed by atoms with Gasteiger partial charge in [-0.05, 0) is 42.8 Å². The Morgan fingerprint density at radius 1 is 1.13 bits per heavy atom. The predicted octanol–water partition coefficient (Wildman–Crippen LogP) is 3.12. The van der Waals surface area contributed by atoms with Crippen molar-refractivity contribution in [3.8, 4) is 0 Å². The first-order chi connectivity index (χ1) is 14.4. The first-order valence-corrected chi connectivity index (χ1v) is 9.62. The summed E-state index contributed by atoms with van der Waals surface area (Å²) in [6.45, 7) is 2.61. The van der Waals surface area contributed by atoms with E-state index in [4.69, 9.17) is 4.74 Å². The molecule has 0 aliphatic heterocycles. The van der Waals surface area contributed by atoms with E-state index in [9.17, 15) is 14.4 Å². The van der Waals surface area contributed by atoms with Gasteiger partial charge in [-0.2, -0.15) is 0 Å². The highest BCUT2D eigenvalue weighted by Crippen LogP contribution is 2.16. The van der Waals surface area contributed by atoms with Crippen molar-refractivity contribution in [3.05, 3.63) is 87.2 Å². The van der Waals surface area contributed by atoms with E-state index in [1.807, 2.05) is 23.7 Å². The quantitative estimate of drug-likeness (QED) is 0.373. The van der Waals surface area contributed by atoms with Gasteiger partial charge in [-0.25, -0.2) is 0 Å². The number of methoxy groups -OCH3 is 1. The highest BCUT2D eigenvalue weighted by molar-refractivity contribution is 6.09. The van der Waals surface area contributed by atoms with Gasteiger partial charge in [-0.15, -0.1) is 0 Å². The summed E-state index contributed by atoms with van der Waals surface area (Å²) in [5.41, 5.74) is 2.45. The summed E-state index contributed by atoms with van der Waals surface area (Å²) in [6, 6.07) is 14.2. The SMILES string of the molecule is COCCNC(=O)c1cccc(/C=C/C(=O)c2c(C)n(C)c3ccccc3c2=O)c1. The number of nitrogens with zero attached hydrogens (tertiary/aromatic N) is 1. The molecule has 30 heavy (non-hydrogen) atoms. The van der Waals surface area contributed by atoms with Crippen LogP contribution in [0.5, 0.6) is 0 Å². The van der Waals surface area contributed by atoms with Gasteiger partial charge < -0.3 is 14.6 Å². The van der Waals surface area contributed by atoms with E-state index in [-0.39, 0.29) is 22.7 Å². The number of hydrogen-bond acceptors (Lipinski definition) is 4. The number of nitrogens with one attached hydrogen (secondary N) is 1. The second-order valence-electron chi connectivity index (χ2n) is 6.94. The Hall–Kier alpha value is -3.51. The number of pyridine rings is 1. The summed E-state index contributed by atoms with van der Waals surface area (Å²) < 4.78 is 6.77. The van der Waals surface area contributed by atoms with Crippen molar-refractivity contribution in [3.63, 3.8) is 0 Å². The summed E-state index contributed by atoms with van der Waals surface area (Å²) in [5, 5.41) is 3.27. The molecule has 2 aromatic carbocycles. The van der Waals surface area contributed by atoms with Gasteiger partial charge in [0.15, 0.2) is 5.78 Å². The highest BCUT2D eigenvalue weighted by atomic mass is 16.5. The topological polar surface area (TPSA) is 77.4 Å². The maximum absolute atomic E-state index is 12.9. The molecule has 154 valence electrons. The van der Waals surface area contributed by atoms with Crippen molar-refractivity contribution in [2.75, 3.05) is 20.3 Å². The summed E-state index contributed by atoms with van der Waals surface area (Å²) >= 11 is 0. The van der Waals surface area contributed by atoms with Gasteiger partial charge in [0.05, 0.1) is 17.7 Å². The molecule has 0 spiro atoms. The van der Waals surface area contributed by atoms with Crippen molar-refractivity contribution in [1.82, 2.24) is 9.88 Å². The number of ether oxygens (including phenoxy) is 1. The second kappa shape index (κ2) is 9.33. The number of aromatic nitrogens is 1. The molecule has 0 unspecified atom stereocenters. The van der Waals surface area contributed by atoms with E-state index < -0.39 is 0 Å². The van der Waals surface area contributed by atoms with Crippen LogP contribution in [0.2, 0.25) is 0 Å².